The molecule has 0 fully saturated rings. The number of aromatic amines is 1. The van der Waals surface area contributed by atoms with Gasteiger partial charge < -0.3 is 9.72 Å². The molecular weight excluding hydrogens is 224 g/mol. The molecule has 1 aromatic carbocycles. The molecule has 0 aliphatic heterocycles. The van der Waals surface area contributed by atoms with E-state index in [1.165, 1.54) is 0 Å². The van der Waals surface area contributed by atoms with Crippen LogP contribution in [0.5, 0.6) is 5.75 Å². The van der Waals surface area contributed by atoms with Crippen LogP contribution in [0.1, 0.15) is 5.56 Å². The Balaban J connectivity index is 2.06. The molecule has 2 aromatic rings. The molecule has 84 valence electrons. The Morgan fingerprint density at radius 1 is 1.38 bits per heavy atom. The summed E-state index contributed by atoms with van der Waals surface area (Å²) < 4.78 is 16.9. The number of nitrogens with zero attached hydrogens (tertiary/aromatic N) is 1. The van der Waals surface area contributed by atoms with Crippen LogP contribution in [0, 0.1) is 0 Å². The summed E-state index contributed by atoms with van der Waals surface area (Å²) >= 11 is 0. The molecule has 1 heterocycles. The van der Waals surface area contributed by atoms with Crippen LogP contribution < -0.4 is 4.74 Å². The molecule has 2 rings (SSSR count). The summed E-state index contributed by atoms with van der Waals surface area (Å²) in [5.41, 5.74) is 0.996. The fraction of sp³-hybridized carbons (Fsp3) is 0.182. The second kappa shape index (κ2) is 4.94. The first-order valence-electron chi connectivity index (χ1n) is 4.80. The fourth-order valence-electron chi connectivity index (χ4n) is 1.32. The van der Waals surface area contributed by atoms with Gasteiger partial charge in [0.15, 0.2) is 5.16 Å². The van der Waals surface area contributed by atoms with E-state index >= 15 is 0 Å². The summed E-state index contributed by atoms with van der Waals surface area (Å²) in [7, 11) is 0.502. The van der Waals surface area contributed by atoms with E-state index in [9.17, 15) is 4.21 Å². The molecule has 0 saturated carbocycles. The van der Waals surface area contributed by atoms with Gasteiger partial charge in [0, 0.05) is 12.4 Å². The van der Waals surface area contributed by atoms with E-state index in [2.05, 4.69) is 9.97 Å². The lowest BCUT2D eigenvalue weighted by Gasteiger charge is -2.02. The minimum absolute atomic E-state index is 0.456. The van der Waals surface area contributed by atoms with Crippen molar-refractivity contribution in [3.8, 4) is 5.75 Å². The molecule has 1 unspecified atom stereocenters. The van der Waals surface area contributed by atoms with Crippen molar-refractivity contribution in [3.05, 3.63) is 42.2 Å². The summed E-state index contributed by atoms with van der Waals surface area (Å²) in [6, 6.07) is 7.52. The summed E-state index contributed by atoms with van der Waals surface area (Å²) in [6.45, 7) is 0. The Labute approximate surface area is 96.1 Å². The molecule has 0 amide bonds. The van der Waals surface area contributed by atoms with Gasteiger partial charge in [-0.25, -0.2) is 4.98 Å². The van der Waals surface area contributed by atoms with E-state index in [1.807, 2.05) is 24.3 Å². The molecule has 0 aliphatic rings. The monoisotopic (exact) mass is 236 g/mol. The maximum Gasteiger partial charge on any atom is 0.196 e. The number of benzene rings is 1. The molecule has 1 atom stereocenters. The number of hydrogen-bond donors (Lipinski definition) is 1. The van der Waals surface area contributed by atoms with Gasteiger partial charge in [0.25, 0.3) is 0 Å². The maximum absolute atomic E-state index is 11.8. The van der Waals surface area contributed by atoms with Crippen LogP contribution in [-0.4, -0.2) is 21.3 Å². The molecular formula is C11H12N2O2S. The largest absolute Gasteiger partial charge is 0.497 e. The lowest BCUT2D eigenvalue weighted by Crippen LogP contribution is -1.98. The number of aromatic nitrogens is 2. The second-order valence-electron chi connectivity index (χ2n) is 3.23. The van der Waals surface area contributed by atoms with Crippen LogP contribution in [0.25, 0.3) is 0 Å². The Bertz CT molecular complexity index is 465. The van der Waals surface area contributed by atoms with E-state index < -0.39 is 10.8 Å². The van der Waals surface area contributed by atoms with Gasteiger partial charge in [0.1, 0.15) is 5.75 Å². The quantitative estimate of drug-likeness (QED) is 0.879. The van der Waals surface area contributed by atoms with Crippen LogP contribution in [0.15, 0.2) is 41.8 Å². The number of rotatable bonds is 4. The van der Waals surface area contributed by atoms with Gasteiger partial charge in [-0.2, -0.15) is 0 Å². The third-order valence-electron chi connectivity index (χ3n) is 2.15. The first kappa shape index (κ1) is 10.9. The van der Waals surface area contributed by atoms with E-state index in [0.717, 1.165) is 11.3 Å². The Hall–Kier alpha value is -1.62. The van der Waals surface area contributed by atoms with Crippen molar-refractivity contribution in [2.75, 3.05) is 7.11 Å². The first-order chi connectivity index (χ1) is 7.79. The first-order valence-corrected chi connectivity index (χ1v) is 6.12. The molecule has 0 bridgehead atoms. The topological polar surface area (TPSA) is 55.0 Å². The van der Waals surface area contributed by atoms with Crippen LogP contribution >= 0.6 is 0 Å². The molecule has 1 aromatic heterocycles. The highest BCUT2D eigenvalue weighted by Gasteiger charge is 2.06. The Morgan fingerprint density at radius 2 is 2.12 bits per heavy atom. The molecule has 16 heavy (non-hydrogen) atoms. The predicted molar refractivity (Wildman–Crippen MR) is 61.7 cm³/mol. The van der Waals surface area contributed by atoms with Gasteiger partial charge >= 0.3 is 0 Å². The zero-order valence-corrected chi connectivity index (χ0v) is 9.66. The number of hydrogen-bond acceptors (Lipinski definition) is 3. The highest BCUT2D eigenvalue weighted by Crippen LogP contribution is 2.14. The molecule has 4 nitrogen and oxygen atoms in total. The fourth-order valence-corrected chi connectivity index (χ4v) is 2.33. The van der Waals surface area contributed by atoms with Crippen molar-refractivity contribution < 1.29 is 8.95 Å². The van der Waals surface area contributed by atoms with Gasteiger partial charge in [-0.05, 0) is 17.7 Å². The van der Waals surface area contributed by atoms with Gasteiger partial charge in [0.05, 0.1) is 23.7 Å². The summed E-state index contributed by atoms with van der Waals surface area (Å²) in [6.07, 6.45) is 3.27. The number of ether oxygens (including phenoxy) is 1. The minimum atomic E-state index is -1.12. The normalized spacial score (nSPS) is 12.3. The number of H-pyrrole nitrogens is 1. The standard InChI is InChI=1S/C11H12N2O2S/c1-15-10-4-2-9(3-5-10)8-16(14)11-12-6-7-13-11/h2-7H,8H2,1H3,(H,12,13). The Kier molecular flexibility index (Phi) is 3.36. The number of imidazole rings is 1. The SMILES string of the molecule is COc1ccc(CS(=O)c2ncc[nH]2)cc1. The van der Waals surface area contributed by atoms with Gasteiger partial charge in [-0.1, -0.05) is 12.1 Å². The van der Waals surface area contributed by atoms with Crippen molar-refractivity contribution >= 4 is 10.8 Å². The van der Waals surface area contributed by atoms with Gasteiger partial charge in [-0.15, -0.1) is 0 Å². The lowest BCUT2D eigenvalue weighted by atomic mass is 10.2. The van der Waals surface area contributed by atoms with Crippen LogP contribution in [0.2, 0.25) is 0 Å². The van der Waals surface area contributed by atoms with Crippen LogP contribution in [0.3, 0.4) is 0 Å². The zero-order valence-electron chi connectivity index (χ0n) is 8.84. The molecule has 1 N–H and O–H groups in total. The molecule has 0 spiro atoms. The van der Waals surface area contributed by atoms with Crippen molar-refractivity contribution in [3.63, 3.8) is 0 Å². The average molecular weight is 236 g/mol. The van der Waals surface area contributed by atoms with Gasteiger partial charge in [-0.3, -0.25) is 4.21 Å². The summed E-state index contributed by atoms with van der Waals surface area (Å²) in [5.74, 6) is 1.25. The molecule has 0 saturated heterocycles. The van der Waals surface area contributed by atoms with Crippen molar-refractivity contribution in [1.29, 1.82) is 0 Å². The highest BCUT2D eigenvalue weighted by atomic mass is 32.2. The number of nitrogens with one attached hydrogen (secondary N) is 1. The molecule has 0 aliphatic carbocycles. The minimum Gasteiger partial charge on any atom is -0.497 e. The smallest absolute Gasteiger partial charge is 0.196 e. The predicted octanol–water partition coefficient (Wildman–Crippen LogP) is 1.73. The van der Waals surface area contributed by atoms with E-state index in [4.69, 9.17) is 4.74 Å². The van der Waals surface area contributed by atoms with Gasteiger partial charge in [0.2, 0.25) is 0 Å². The van der Waals surface area contributed by atoms with E-state index in [0.29, 0.717) is 10.9 Å². The zero-order chi connectivity index (χ0) is 11.4. The third-order valence-corrected chi connectivity index (χ3v) is 3.40. The average Bonchev–Trinajstić information content (AvgIpc) is 2.83. The van der Waals surface area contributed by atoms with E-state index in [1.54, 1.807) is 19.5 Å². The van der Waals surface area contributed by atoms with Crippen molar-refractivity contribution in [2.45, 2.75) is 10.9 Å². The Morgan fingerprint density at radius 3 is 2.69 bits per heavy atom. The number of methoxy groups -OCH3 is 1. The van der Waals surface area contributed by atoms with Crippen LogP contribution in [-0.2, 0) is 16.6 Å². The van der Waals surface area contributed by atoms with E-state index in [-0.39, 0.29) is 0 Å². The third kappa shape index (κ3) is 2.49. The highest BCUT2D eigenvalue weighted by molar-refractivity contribution is 7.84. The van der Waals surface area contributed by atoms with Crippen molar-refractivity contribution in [2.24, 2.45) is 0 Å². The lowest BCUT2D eigenvalue weighted by molar-refractivity contribution is 0.414. The van der Waals surface area contributed by atoms with Crippen molar-refractivity contribution in [1.82, 2.24) is 9.97 Å². The maximum atomic E-state index is 11.8. The molecule has 0 radical (unpaired) electrons. The molecule has 5 heteroatoms. The summed E-state index contributed by atoms with van der Waals surface area (Å²) in [5, 5.41) is 0.510. The second-order valence-corrected chi connectivity index (χ2v) is 4.60. The summed E-state index contributed by atoms with van der Waals surface area (Å²) in [4.78, 5) is 6.81. The van der Waals surface area contributed by atoms with Crippen LogP contribution in [0.4, 0.5) is 0 Å².